The highest BCUT2D eigenvalue weighted by Crippen LogP contribution is 2.22. The number of hydrogen-bond acceptors (Lipinski definition) is 4. The van der Waals surface area contributed by atoms with Crippen molar-refractivity contribution in [2.45, 2.75) is 51.6 Å². The zero-order chi connectivity index (χ0) is 20.5. The Morgan fingerprint density at radius 2 is 1.86 bits per heavy atom. The molecule has 0 bridgehead atoms. The fraction of sp³-hybridized carbons (Fsp3) is 0.550. The molecule has 8 heteroatoms. The Kier molecular flexibility index (Phi) is 8.35. The first-order valence-electron chi connectivity index (χ1n) is 9.57. The van der Waals surface area contributed by atoms with Gasteiger partial charge in [0.2, 0.25) is 0 Å². The molecule has 154 valence electrons. The number of nitrogens with one attached hydrogen (secondary N) is 2. The molecule has 1 aromatic carbocycles. The van der Waals surface area contributed by atoms with E-state index in [0.717, 1.165) is 25.0 Å². The third-order valence-corrected chi connectivity index (χ3v) is 4.76. The maximum atomic E-state index is 13.5. The van der Waals surface area contributed by atoms with E-state index in [1.807, 2.05) is 0 Å². The zero-order valence-electron chi connectivity index (χ0n) is 15.9. The van der Waals surface area contributed by atoms with Crippen LogP contribution in [0.1, 0.15) is 55.8 Å². The van der Waals surface area contributed by atoms with E-state index in [-0.39, 0.29) is 24.4 Å². The second-order valence-electron chi connectivity index (χ2n) is 7.01. The molecule has 0 saturated heterocycles. The summed E-state index contributed by atoms with van der Waals surface area (Å²) in [7, 11) is 0. The van der Waals surface area contributed by atoms with Crippen LogP contribution < -0.4 is 10.6 Å². The monoisotopic (exact) mass is 396 g/mol. The molecule has 1 fully saturated rings. The van der Waals surface area contributed by atoms with Gasteiger partial charge in [0, 0.05) is 19.2 Å². The highest BCUT2D eigenvalue weighted by molar-refractivity contribution is 5.94. The topological polar surface area (TPSA) is 84.5 Å². The van der Waals surface area contributed by atoms with E-state index in [4.69, 9.17) is 4.74 Å². The highest BCUT2D eigenvalue weighted by Gasteiger charge is 2.20. The normalized spacial score (nSPS) is 15.5. The fourth-order valence-corrected chi connectivity index (χ4v) is 3.14. The summed E-state index contributed by atoms with van der Waals surface area (Å²) in [6.07, 6.45) is 4.70. The van der Waals surface area contributed by atoms with Gasteiger partial charge >= 0.3 is 5.97 Å². The second kappa shape index (κ2) is 10.7. The summed E-state index contributed by atoms with van der Waals surface area (Å²) < 4.78 is 31.4. The molecule has 0 radical (unpaired) electrons. The number of ether oxygens (including phenoxy) is 1. The molecule has 1 atom stereocenters. The van der Waals surface area contributed by atoms with Gasteiger partial charge in [0.1, 0.15) is 11.6 Å². The molecule has 0 aromatic heterocycles. The number of esters is 1. The van der Waals surface area contributed by atoms with Gasteiger partial charge in [-0.25, -0.2) is 8.78 Å². The van der Waals surface area contributed by atoms with Gasteiger partial charge in [-0.15, -0.1) is 0 Å². The van der Waals surface area contributed by atoms with Gasteiger partial charge in [0.25, 0.3) is 11.8 Å². The predicted octanol–water partition coefficient (Wildman–Crippen LogP) is 2.71. The average molecular weight is 396 g/mol. The molecule has 0 heterocycles. The van der Waals surface area contributed by atoms with Crippen LogP contribution in [0.15, 0.2) is 18.2 Å². The van der Waals surface area contributed by atoms with E-state index in [9.17, 15) is 23.2 Å². The molecule has 1 aliphatic carbocycles. The lowest BCUT2D eigenvalue weighted by Gasteiger charge is -2.22. The molecule has 1 aliphatic rings. The maximum Gasteiger partial charge on any atom is 0.308 e. The van der Waals surface area contributed by atoms with Crippen molar-refractivity contribution >= 4 is 17.8 Å². The summed E-state index contributed by atoms with van der Waals surface area (Å²) in [5.41, 5.74) is -0.315. The minimum atomic E-state index is -0.983. The van der Waals surface area contributed by atoms with Gasteiger partial charge in [-0.05, 0) is 37.8 Å². The molecule has 2 rings (SSSR count). The van der Waals surface area contributed by atoms with Gasteiger partial charge in [-0.1, -0.05) is 19.3 Å². The van der Waals surface area contributed by atoms with Gasteiger partial charge < -0.3 is 15.4 Å². The van der Waals surface area contributed by atoms with Crippen LogP contribution in [-0.4, -0.2) is 37.0 Å². The first kappa shape index (κ1) is 21.8. The molecule has 2 N–H and O–H groups in total. The Bertz CT molecular complexity index is 705. The molecule has 1 aromatic rings. The Labute approximate surface area is 163 Å². The van der Waals surface area contributed by atoms with Crippen molar-refractivity contribution in [3.8, 4) is 0 Å². The van der Waals surface area contributed by atoms with Crippen LogP contribution in [0.3, 0.4) is 0 Å². The van der Waals surface area contributed by atoms with Crippen LogP contribution in [0.2, 0.25) is 0 Å². The average Bonchev–Trinajstić information content (AvgIpc) is 2.66. The summed E-state index contributed by atoms with van der Waals surface area (Å²) in [6.45, 7) is 1.98. The van der Waals surface area contributed by atoms with Gasteiger partial charge in [0.15, 0.2) is 6.10 Å². The third kappa shape index (κ3) is 6.90. The zero-order valence-corrected chi connectivity index (χ0v) is 15.9. The summed E-state index contributed by atoms with van der Waals surface area (Å²) in [5, 5.41) is 5.16. The van der Waals surface area contributed by atoms with E-state index in [0.29, 0.717) is 18.5 Å². The summed E-state index contributed by atoms with van der Waals surface area (Å²) in [4.78, 5) is 35.7. The molecule has 28 heavy (non-hydrogen) atoms. The number of carbonyl (C=O) groups is 3. The summed E-state index contributed by atoms with van der Waals surface area (Å²) in [5.74, 6) is -3.06. The third-order valence-electron chi connectivity index (χ3n) is 4.76. The Morgan fingerprint density at radius 1 is 1.14 bits per heavy atom. The second-order valence-corrected chi connectivity index (χ2v) is 7.01. The van der Waals surface area contributed by atoms with Gasteiger partial charge in [0.05, 0.1) is 12.0 Å². The Hall–Kier alpha value is -2.51. The molecule has 2 amide bonds. The quantitative estimate of drug-likeness (QED) is 0.662. The van der Waals surface area contributed by atoms with Crippen molar-refractivity contribution in [2.24, 2.45) is 5.92 Å². The van der Waals surface area contributed by atoms with E-state index in [2.05, 4.69) is 10.6 Å². The standard InChI is InChI=1S/C20H26F2N2O4/c1-13(19(26)24-12-14-5-3-2-4-6-14)28-18(25)9-10-23-20(27)16-8-7-15(21)11-17(16)22/h7-8,11,13-14H,2-6,9-10,12H2,1H3,(H,23,27)(H,24,26). The molecule has 6 nitrogen and oxygen atoms in total. The molecule has 1 saturated carbocycles. The minimum Gasteiger partial charge on any atom is -0.452 e. The number of halogens is 2. The van der Waals surface area contributed by atoms with E-state index >= 15 is 0 Å². The Balaban J connectivity index is 1.66. The lowest BCUT2D eigenvalue weighted by molar-refractivity contribution is -0.154. The largest absolute Gasteiger partial charge is 0.452 e. The fourth-order valence-electron chi connectivity index (χ4n) is 3.14. The van der Waals surface area contributed by atoms with Crippen molar-refractivity contribution in [1.82, 2.24) is 10.6 Å². The van der Waals surface area contributed by atoms with E-state index < -0.39 is 29.6 Å². The van der Waals surface area contributed by atoms with Crippen molar-refractivity contribution in [2.75, 3.05) is 13.1 Å². The van der Waals surface area contributed by atoms with Crippen LogP contribution >= 0.6 is 0 Å². The number of hydrogen-bond donors (Lipinski definition) is 2. The van der Waals surface area contributed by atoms with Crippen molar-refractivity contribution < 1.29 is 27.9 Å². The molecule has 0 spiro atoms. The first-order chi connectivity index (χ1) is 13.4. The van der Waals surface area contributed by atoms with Crippen LogP contribution in [0.25, 0.3) is 0 Å². The number of benzene rings is 1. The summed E-state index contributed by atoms with van der Waals surface area (Å²) >= 11 is 0. The van der Waals surface area contributed by atoms with Crippen LogP contribution in [0, 0.1) is 17.6 Å². The molecular formula is C20H26F2N2O4. The van der Waals surface area contributed by atoms with Crippen LogP contribution in [-0.2, 0) is 14.3 Å². The molecule has 0 aliphatic heterocycles. The van der Waals surface area contributed by atoms with Gasteiger partial charge in [-0.2, -0.15) is 0 Å². The van der Waals surface area contributed by atoms with Crippen LogP contribution in [0.5, 0.6) is 0 Å². The predicted molar refractivity (Wildman–Crippen MR) is 98.4 cm³/mol. The lowest BCUT2D eigenvalue weighted by atomic mass is 9.89. The number of rotatable bonds is 8. The molecular weight excluding hydrogens is 370 g/mol. The van der Waals surface area contributed by atoms with Crippen molar-refractivity contribution in [3.63, 3.8) is 0 Å². The SMILES string of the molecule is CC(OC(=O)CCNC(=O)c1ccc(F)cc1F)C(=O)NCC1CCCCC1. The lowest BCUT2D eigenvalue weighted by Crippen LogP contribution is -2.39. The first-order valence-corrected chi connectivity index (χ1v) is 9.57. The summed E-state index contributed by atoms with van der Waals surface area (Å²) in [6, 6.07) is 2.60. The van der Waals surface area contributed by atoms with E-state index in [1.54, 1.807) is 0 Å². The van der Waals surface area contributed by atoms with Crippen molar-refractivity contribution in [3.05, 3.63) is 35.4 Å². The highest BCUT2D eigenvalue weighted by atomic mass is 19.1. The Morgan fingerprint density at radius 3 is 2.54 bits per heavy atom. The number of carbonyl (C=O) groups excluding carboxylic acids is 3. The van der Waals surface area contributed by atoms with Gasteiger partial charge in [-0.3, -0.25) is 14.4 Å². The van der Waals surface area contributed by atoms with Crippen molar-refractivity contribution in [1.29, 1.82) is 0 Å². The van der Waals surface area contributed by atoms with E-state index in [1.165, 1.54) is 26.2 Å². The number of amides is 2. The smallest absolute Gasteiger partial charge is 0.308 e. The minimum absolute atomic E-state index is 0.0924. The van der Waals surface area contributed by atoms with Crippen LogP contribution in [0.4, 0.5) is 8.78 Å². The maximum absolute atomic E-state index is 13.5. The molecule has 1 unspecified atom stereocenters.